The first-order chi connectivity index (χ1) is 7.29. The Hall–Kier alpha value is -1.74. The molecule has 2 aromatic rings. The van der Waals surface area contributed by atoms with Crippen molar-refractivity contribution in [3.8, 4) is 11.3 Å². The van der Waals surface area contributed by atoms with Gasteiger partial charge < -0.3 is 0 Å². The Bertz CT molecular complexity index is 434. The van der Waals surface area contributed by atoms with Gasteiger partial charge in [0.05, 0.1) is 5.69 Å². The molecule has 1 heterocycles. The molecule has 0 atom stereocenters. The summed E-state index contributed by atoms with van der Waals surface area (Å²) in [7, 11) is 0. The minimum absolute atomic E-state index is 0.233. The smallest absolute Gasteiger partial charge is 0.123 e. The molecule has 2 rings (SSSR count). The molecule has 0 saturated carbocycles. The molecular weight excluding hydrogens is 191 g/mol. The zero-order chi connectivity index (χ0) is 10.7. The van der Waals surface area contributed by atoms with E-state index in [1.54, 1.807) is 18.3 Å². The SMILES string of the molecule is [NH]Cc1ccc(-c2ccc(F)cc2)nc1. The van der Waals surface area contributed by atoms with Gasteiger partial charge in [0.2, 0.25) is 0 Å². The molecule has 0 spiro atoms. The topological polar surface area (TPSA) is 36.7 Å². The average Bonchev–Trinajstić information content (AvgIpc) is 2.30. The molecule has 15 heavy (non-hydrogen) atoms. The van der Waals surface area contributed by atoms with Gasteiger partial charge in [0.1, 0.15) is 5.82 Å². The van der Waals surface area contributed by atoms with Crippen LogP contribution in [0.3, 0.4) is 0 Å². The lowest BCUT2D eigenvalue weighted by atomic mass is 10.1. The van der Waals surface area contributed by atoms with Crippen LogP contribution < -0.4 is 5.73 Å². The lowest BCUT2D eigenvalue weighted by Gasteiger charge is -2.01. The highest BCUT2D eigenvalue weighted by molar-refractivity contribution is 5.58. The van der Waals surface area contributed by atoms with Gasteiger partial charge >= 0.3 is 0 Å². The van der Waals surface area contributed by atoms with Crippen LogP contribution in [0, 0.1) is 5.82 Å². The molecule has 1 N–H and O–H groups in total. The summed E-state index contributed by atoms with van der Waals surface area (Å²) in [6.07, 6.45) is 1.67. The quantitative estimate of drug-likeness (QED) is 0.735. The van der Waals surface area contributed by atoms with E-state index in [9.17, 15) is 4.39 Å². The van der Waals surface area contributed by atoms with Crippen LogP contribution in [0.15, 0.2) is 42.6 Å². The van der Waals surface area contributed by atoms with Gasteiger partial charge in [-0.15, -0.1) is 0 Å². The molecular formula is C12H10FN2. The van der Waals surface area contributed by atoms with Crippen molar-refractivity contribution in [3.63, 3.8) is 0 Å². The number of halogens is 1. The zero-order valence-corrected chi connectivity index (χ0v) is 8.07. The van der Waals surface area contributed by atoms with Crippen molar-refractivity contribution in [2.45, 2.75) is 6.54 Å². The summed E-state index contributed by atoms with van der Waals surface area (Å²) < 4.78 is 12.7. The lowest BCUT2D eigenvalue weighted by Crippen LogP contribution is -1.88. The number of nitrogens with zero attached hydrogens (tertiary/aromatic N) is 1. The molecule has 0 bridgehead atoms. The summed E-state index contributed by atoms with van der Waals surface area (Å²) in [5.74, 6) is -0.249. The first-order valence-electron chi connectivity index (χ1n) is 4.65. The van der Waals surface area contributed by atoms with Gasteiger partial charge in [-0.3, -0.25) is 10.7 Å². The number of rotatable bonds is 2. The van der Waals surface area contributed by atoms with Crippen LogP contribution in [0.4, 0.5) is 4.39 Å². The van der Waals surface area contributed by atoms with Crippen LogP contribution in [0.1, 0.15) is 5.56 Å². The molecule has 1 aromatic carbocycles. The highest BCUT2D eigenvalue weighted by Gasteiger charge is 1.99. The van der Waals surface area contributed by atoms with E-state index in [0.29, 0.717) is 0 Å². The number of benzene rings is 1. The van der Waals surface area contributed by atoms with Gasteiger partial charge in [0.15, 0.2) is 0 Å². The Morgan fingerprint density at radius 2 is 1.80 bits per heavy atom. The number of hydrogen-bond acceptors (Lipinski definition) is 1. The van der Waals surface area contributed by atoms with Crippen molar-refractivity contribution in [3.05, 3.63) is 54.0 Å². The van der Waals surface area contributed by atoms with Crippen LogP contribution in [0.25, 0.3) is 11.3 Å². The second-order valence-electron chi connectivity index (χ2n) is 3.24. The summed E-state index contributed by atoms with van der Waals surface area (Å²) in [6, 6.07) is 9.91. The van der Waals surface area contributed by atoms with Gasteiger partial charge in [0.25, 0.3) is 0 Å². The molecule has 0 aliphatic rings. The second kappa shape index (κ2) is 4.19. The fourth-order valence-corrected chi connectivity index (χ4v) is 1.32. The molecule has 0 aliphatic heterocycles. The fourth-order valence-electron chi connectivity index (χ4n) is 1.32. The van der Waals surface area contributed by atoms with E-state index in [1.165, 1.54) is 12.1 Å². The Balaban J connectivity index is 2.33. The van der Waals surface area contributed by atoms with Crippen molar-refractivity contribution in [2.24, 2.45) is 0 Å². The van der Waals surface area contributed by atoms with Crippen LogP contribution >= 0.6 is 0 Å². The van der Waals surface area contributed by atoms with E-state index in [0.717, 1.165) is 16.8 Å². The monoisotopic (exact) mass is 201 g/mol. The van der Waals surface area contributed by atoms with Crippen LogP contribution in [0.5, 0.6) is 0 Å². The van der Waals surface area contributed by atoms with Crippen LogP contribution in [0.2, 0.25) is 0 Å². The predicted octanol–water partition coefficient (Wildman–Crippen LogP) is 2.67. The molecule has 0 aliphatic carbocycles. The molecule has 0 amide bonds. The van der Waals surface area contributed by atoms with Crippen molar-refractivity contribution >= 4 is 0 Å². The van der Waals surface area contributed by atoms with Gasteiger partial charge in [-0.25, -0.2) is 4.39 Å². The van der Waals surface area contributed by atoms with Gasteiger partial charge in [-0.1, -0.05) is 6.07 Å². The number of hydrogen-bond donors (Lipinski definition) is 0. The molecule has 0 saturated heterocycles. The molecule has 2 nitrogen and oxygen atoms in total. The van der Waals surface area contributed by atoms with E-state index >= 15 is 0 Å². The van der Waals surface area contributed by atoms with E-state index in [-0.39, 0.29) is 12.4 Å². The zero-order valence-electron chi connectivity index (χ0n) is 8.07. The maximum atomic E-state index is 12.7. The largest absolute Gasteiger partial charge is 0.256 e. The summed E-state index contributed by atoms with van der Waals surface area (Å²) >= 11 is 0. The Labute approximate surface area is 87.6 Å². The molecule has 0 fully saturated rings. The normalized spacial score (nSPS) is 10.3. The van der Waals surface area contributed by atoms with Crippen molar-refractivity contribution < 1.29 is 4.39 Å². The van der Waals surface area contributed by atoms with Crippen LogP contribution in [-0.4, -0.2) is 4.98 Å². The summed E-state index contributed by atoms with van der Waals surface area (Å²) in [6.45, 7) is 0.233. The number of pyridine rings is 1. The third-order valence-corrected chi connectivity index (χ3v) is 2.17. The maximum absolute atomic E-state index is 12.7. The second-order valence-corrected chi connectivity index (χ2v) is 3.24. The Morgan fingerprint density at radius 1 is 1.07 bits per heavy atom. The van der Waals surface area contributed by atoms with Gasteiger partial charge in [-0.05, 0) is 35.9 Å². The van der Waals surface area contributed by atoms with E-state index in [4.69, 9.17) is 5.73 Å². The minimum atomic E-state index is -0.249. The highest BCUT2D eigenvalue weighted by Crippen LogP contribution is 2.17. The molecule has 1 radical (unpaired) electrons. The maximum Gasteiger partial charge on any atom is 0.123 e. The third kappa shape index (κ3) is 2.19. The first-order valence-corrected chi connectivity index (χ1v) is 4.65. The third-order valence-electron chi connectivity index (χ3n) is 2.17. The van der Waals surface area contributed by atoms with Crippen molar-refractivity contribution in [1.29, 1.82) is 0 Å². The minimum Gasteiger partial charge on any atom is -0.256 e. The lowest BCUT2D eigenvalue weighted by molar-refractivity contribution is 0.628. The molecule has 1 aromatic heterocycles. The molecule has 0 unspecified atom stereocenters. The first kappa shape index (κ1) is 9.80. The average molecular weight is 201 g/mol. The Morgan fingerprint density at radius 3 is 2.33 bits per heavy atom. The number of nitrogens with one attached hydrogen (secondary N) is 1. The Kier molecular flexibility index (Phi) is 2.74. The molecule has 3 heteroatoms. The summed E-state index contributed by atoms with van der Waals surface area (Å²) in [5.41, 5.74) is 9.71. The van der Waals surface area contributed by atoms with Gasteiger partial charge in [-0.2, -0.15) is 0 Å². The van der Waals surface area contributed by atoms with E-state index in [2.05, 4.69) is 4.98 Å². The fraction of sp³-hybridized carbons (Fsp3) is 0.0833. The van der Waals surface area contributed by atoms with Crippen LogP contribution in [-0.2, 0) is 6.54 Å². The van der Waals surface area contributed by atoms with Crippen molar-refractivity contribution in [1.82, 2.24) is 10.7 Å². The number of aromatic nitrogens is 1. The van der Waals surface area contributed by atoms with E-state index in [1.807, 2.05) is 12.1 Å². The van der Waals surface area contributed by atoms with Gasteiger partial charge in [0, 0.05) is 18.3 Å². The van der Waals surface area contributed by atoms with Crippen molar-refractivity contribution in [2.75, 3.05) is 0 Å². The summed E-state index contributed by atoms with van der Waals surface area (Å²) in [5, 5.41) is 0. The predicted molar refractivity (Wildman–Crippen MR) is 56.4 cm³/mol. The highest BCUT2D eigenvalue weighted by atomic mass is 19.1. The molecule has 75 valence electrons. The summed E-state index contributed by atoms with van der Waals surface area (Å²) in [4.78, 5) is 4.21. The van der Waals surface area contributed by atoms with E-state index < -0.39 is 0 Å². The standard InChI is InChI=1S/C12H10FN2/c13-11-4-2-10(3-5-11)12-6-1-9(7-14)8-15-12/h1-6,8,14H,7H2.